The summed E-state index contributed by atoms with van der Waals surface area (Å²) in [6.07, 6.45) is 0.940. The van der Waals surface area contributed by atoms with Crippen molar-refractivity contribution in [1.82, 2.24) is 14.5 Å². The van der Waals surface area contributed by atoms with E-state index in [1.165, 1.54) is 14.2 Å². The third-order valence-electron chi connectivity index (χ3n) is 3.19. The number of ether oxygens (including phenoxy) is 2. The molecule has 0 saturated carbocycles. The van der Waals surface area contributed by atoms with Crippen molar-refractivity contribution in [2.75, 3.05) is 20.8 Å². The molecule has 1 heterocycles. The zero-order valence-corrected chi connectivity index (χ0v) is 15.2. The van der Waals surface area contributed by atoms with Gasteiger partial charge in [-0.05, 0) is 13.8 Å². The molecule has 0 aliphatic rings. The van der Waals surface area contributed by atoms with E-state index in [0.29, 0.717) is 5.69 Å². The van der Waals surface area contributed by atoms with Crippen molar-refractivity contribution in [3.05, 3.63) is 11.9 Å². The van der Waals surface area contributed by atoms with E-state index >= 15 is 0 Å². The summed E-state index contributed by atoms with van der Waals surface area (Å²) in [6.45, 7) is 9.75. The van der Waals surface area contributed by atoms with Gasteiger partial charge in [0.1, 0.15) is 4.90 Å². The molecule has 0 atom stereocenters. The van der Waals surface area contributed by atoms with E-state index in [1.54, 1.807) is 10.9 Å². The third-order valence-corrected chi connectivity index (χ3v) is 4.62. The van der Waals surface area contributed by atoms with E-state index in [4.69, 9.17) is 9.47 Å². The van der Waals surface area contributed by atoms with Crippen molar-refractivity contribution < 1.29 is 17.9 Å². The van der Waals surface area contributed by atoms with E-state index in [2.05, 4.69) is 9.82 Å². The minimum absolute atomic E-state index is 0.0335. The molecule has 0 fully saturated rings. The summed E-state index contributed by atoms with van der Waals surface area (Å²) in [5.74, 6) is 0. The molecule has 0 bridgehead atoms. The van der Waals surface area contributed by atoms with E-state index in [-0.39, 0.29) is 22.9 Å². The number of nitrogens with zero attached hydrogens (tertiary/aromatic N) is 2. The van der Waals surface area contributed by atoms with Crippen molar-refractivity contribution in [1.29, 1.82) is 0 Å². The zero-order valence-electron chi connectivity index (χ0n) is 14.4. The first kappa shape index (κ1) is 19.1. The normalized spacial score (nSPS) is 13.3. The van der Waals surface area contributed by atoms with E-state index in [9.17, 15) is 8.42 Å². The fourth-order valence-corrected chi connectivity index (χ4v) is 3.23. The number of methoxy groups -OCH3 is 2. The van der Waals surface area contributed by atoms with E-state index < -0.39 is 16.3 Å². The van der Waals surface area contributed by atoms with Crippen molar-refractivity contribution in [3.8, 4) is 0 Å². The van der Waals surface area contributed by atoms with Crippen LogP contribution in [-0.4, -0.2) is 45.3 Å². The van der Waals surface area contributed by atoms with E-state index in [0.717, 1.165) is 0 Å². The number of hydrogen-bond acceptors (Lipinski definition) is 5. The molecule has 0 aliphatic carbocycles. The quantitative estimate of drug-likeness (QED) is 0.767. The first-order chi connectivity index (χ1) is 10.0. The standard InChI is InChI=1S/C14H27N3O4S/c1-10(2)17-9-11(13(16-17)14(3,4)5)22(18,19)15-8-12(20-6)21-7/h9-10,12,15H,8H2,1-7H3. The maximum Gasteiger partial charge on any atom is 0.244 e. The lowest BCUT2D eigenvalue weighted by Gasteiger charge is -2.18. The van der Waals surface area contributed by atoms with Crippen LogP contribution in [0.1, 0.15) is 46.4 Å². The maximum absolute atomic E-state index is 12.6. The number of sulfonamides is 1. The molecule has 1 rings (SSSR count). The van der Waals surface area contributed by atoms with Crippen LogP contribution in [0.2, 0.25) is 0 Å². The maximum atomic E-state index is 12.6. The molecule has 0 radical (unpaired) electrons. The van der Waals surface area contributed by atoms with Gasteiger partial charge >= 0.3 is 0 Å². The first-order valence-corrected chi connectivity index (χ1v) is 8.66. The molecular formula is C14H27N3O4S. The summed E-state index contributed by atoms with van der Waals surface area (Å²) in [6, 6.07) is 0.0794. The number of aromatic nitrogens is 2. The van der Waals surface area contributed by atoms with Gasteiger partial charge in [-0.3, -0.25) is 4.68 Å². The predicted molar refractivity (Wildman–Crippen MR) is 84.3 cm³/mol. The molecule has 0 aliphatic heterocycles. The molecule has 0 saturated heterocycles. The summed E-state index contributed by atoms with van der Waals surface area (Å²) in [4.78, 5) is 0.194. The Bertz CT molecular complexity index is 584. The average Bonchev–Trinajstić information content (AvgIpc) is 2.85. The highest BCUT2D eigenvalue weighted by Crippen LogP contribution is 2.28. The Hall–Kier alpha value is -0.960. The molecule has 22 heavy (non-hydrogen) atoms. The van der Waals surface area contributed by atoms with Crippen molar-refractivity contribution in [3.63, 3.8) is 0 Å². The monoisotopic (exact) mass is 333 g/mol. The Morgan fingerprint density at radius 1 is 1.27 bits per heavy atom. The summed E-state index contributed by atoms with van der Waals surface area (Å²) in [7, 11) is -0.779. The minimum Gasteiger partial charge on any atom is -0.355 e. The molecule has 0 aromatic carbocycles. The number of rotatable bonds is 7. The SMILES string of the molecule is COC(CNS(=O)(=O)c1cn(C(C)C)nc1C(C)(C)C)OC. The van der Waals surface area contributed by atoms with Crippen LogP contribution in [-0.2, 0) is 24.9 Å². The highest BCUT2D eigenvalue weighted by Gasteiger charge is 2.30. The van der Waals surface area contributed by atoms with Gasteiger partial charge in [-0.2, -0.15) is 5.10 Å². The molecule has 1 N–H and O–H groups in total. The van der Waals surface area contributed by atoms with Crippen molar-refractivity contribution >= 4 is 10.0 Å². The van der Waals surface area contributed by atoms with Gasteiger partial charge in [0.25, 0.3) is 0 Å². The smallest absolute Gasteiger partial charge is 0.244 e. The van der Waals surface area contributed by atoms with Crippen LogP contribution < -0.4 is 4.72 Å². The molecule has 7 nitrogen and oxygen atoms in total. The van der Waals surface area contributed by atoms with Crippen LogP contribution in [0.5, 0.6) is 0 Å². The molecule has 128 valence electrons. The van der Waals surface area contributed by atoms with Crippen LogP contribution in [0.25, 0.3) is 0 Å². The van der Waals surface area contributed by atoms with Gasteiger partial charge in [-0.25, -0.2) is 13.1 Å². The lowest BCUT2D eigenvalue weighted by Crippen LogP contribution is -2.35. The van der Waals surface area contributed by atoms with Gasteiger partial charge in [0.05, 0.1) is 12.2 Å². The highest BCUT2D eigenvalue weighted by atomic mass is 32.2. The van der Waals surface area contributed by atoms with Gasteiger partial charge in [-0.1, -0.05) is 20.8 Å². The fourth-order valence-electron chi connectivity index (χ4n) is 1.87. The van der Waals surface area contributed by atoms with Gasteiger partial charge in [0.15, 0.2) is 6.29 Å². The van der Waals surface area contributed by atoms with Gasteiger partial charge in [-0.15, -0.1) is 0 Å². The molecule has 0 amide bonds. The summed E-state index contributed by atoms with van der Waals surface area (Å²) in [5, 5.41) is 4.45. The Kier molecular flexibility index (Phi) is 6.14. The molecular weight excluding hydrogens is 306 g/mol. The topological polar surface area (TPSA) is 82.5 Å². The minimum atomic E-state index is -3.70. The second kappa shape index (κ2) is 7.08. The second-order valence-electron chi connectivity index (χ2n) is 6.42. The summed E-state index contributed by atoms with van der Waals surface area (Å²) >= 11 is 0. The summed E-state index contributed by atoms with van der Waals surface area (Å²) in [5.41, 5.74) is 0.159. The molecule has 0 unspecified atom stereocenters. The lowest BCUT2D eigenvalue weighted by molar-refractivity contribution is -0.0960. The fraction of sp³-hybridized carbons (Fsp3) is 0.786. The Morgan fingerprint density at radius 3 is 2.23 bits per heavy atom. The van der Waals surface area contributed by atoms with Crippen LogP contribution in [0.3, 0.4) is 0 Å². The highest BCUT2D eigenvalue weighted by molar-refractivity contribution is 7.89. The van der Waals surface area contributed by atoms with Crippen LogP contribution in [0.15, 0.2) is 11.1 Å². The van der Waals surface area contributed by atoms with E-state index in [1.807, 2.05) is 34.6 Å². The Morgan fingerprint density at radius 2 is 1.82 bits per heavy atom. The molecule has 0 spiro atoms. The zero-order chi connectivity index (χ0) is 17.1. The first-order valence-electron chi connectivity index (χ1n) is 7.17. The van der Waals surface area contributed by atoms with Crippen LogP contribution in [0.4, 0.5) is 0 Å². The molecule has 1 aromatic rings. The molecule has 8 heteroatoms. The molecule has 1 aromatic heterocycles. The number of nitrogens with one attached hydrogen (secondary N) is 1. The van der Waals surface area contributed by atoms with Crippen molar-refractivity contribution in [2.24, 2.45) is 0 Å². The van der Waals surface area contributed by atoms with Gasteiger partial charge in [0.2, 0.25) is 10.0 Å². The average molecular weight is 333 g/mol. The van der Waals surface area contributed by atoms with Gasteiger partial charge < -0.3 is 9.47 Å². The lowest BCUT2D eigenvalue weighted by atomic mass is 9.92. The van der Waals surface area contributed by atoms with Crippen LogP contribution in [0, 0.1) is 0 Å². The Labute approximate surface area is 133 Å². The largest absolute Gasteiger partial charge is 0.355 e. The van der Waals surface area contributed by atoms with Crippen molar-refractivity contribution in [2.45, 2.75) is 57.3 Å². The van der Waals surface area contributed by atoms with Crippen LogP contribution >= 0.6 is 0 Å². The number of hydrogen-bond donors (Lipinski definition) is 1. The second-order valence-corrected chi connectivity index (χ2v) is 8.15. The third kappa shape index (κ3) is 4.52. The Balaban J connectivity index is 3.17. The summed E-state index contributed by atoms with van der Waals surface area (Å²) < 4.78 is 39.4. The predicted octanol–water partition coefficient (Wildman–Crippen LogP) is 1.66. The van der Waals surface area contributed by atoms with Gasteiger partial charge in [0, 0.05) is 31.9 Å².